The first-order valence-electron chi connectivity index (χ1n) is 7.10. The van der Waals surface area contributed by atoms with Crippen molar-refractivity contribution in [3.05, 3.63) is 68.7 Å². The van der Waals surface area contributed by atoms with Crippen molar-refractivity contribution < 1.29 is 14.5 Å². The molecular formula is C16H14ClN3O4S. The van der Waals surface area contributed by atoms with Gasteiger partial charge in [0.1, 0.15) is 5.56 Å². The number of nitro benzene ring substituents is 1. The number of rotatable bonds is 5. The summed E-state index contributed by atoms with van der Waals surface area (Å²) in [5.41, 5.74) is 4.39. The fourth-order valence-electron chi connectivity index (χ4n) is 1.99. The fourth-order valence-corrected chi connectivity index (χ4v) is 2.82. The number of thioether (sulfide) groups is 1. The number of amides is 2. The van der Waals surface area contributed by atoms with Crippen molar-refractivity contribution in [1.82, 2.24) is 10.9 Å². The average Bonchev–Trinajstić information content (AvgIpc) is 2.58. The molecule has 2 aromatic carbocycles. The van der Waals surface area contributed by atoms with Gasteiger partial charge < -0.3 is 0 Å². The Labute approximate surface area is 152 Å². The van der Waals surface area contributed by atoms with E-state index in [1.807, 2.05) is 0 Å². The molecule has 7 nitrogen and oxygen atoms in total. The molecular weight excluding hydrogens is 366 g/mol. The number of para-hydroxylation sites is 1. The summed E-state index contributed by atoms with van der Waals surface area (Å²) in [5.74, 6) is -1.12. The van der Waals surface area contributed by atoms with Crippen LogP contribution in [0, 0.1) is 17.0 Å². The highest BCUT2D eigenvalue weighted by atomic mass is 35.5. The van der Waals surface area contributed by atoms with Crippen LogP contribution in [0.5, 0.6) is 0 Å². The average molecular weight is 380 g/mol. The van der Waals surface area contributed by atoms with Crippen molar-refractivity contribution in [2.24, 2.45) is 0 Å². The number of carbonyl (C=O) groups excluding carboxylic acids is 2. The molecule has 0 saturated heterocycles. The van der Waals surface area contributed by atoms with Crippen LogP contribution < -0.4 is 10.9 Å². The molecule has 0 aliphatic rings. The Morgan fingerprint density at radius 1 is 1.16 bits per heavy atom. The number of benzene rings is 2. The van der Waals surface area contributed by atoms with E-state index in [0.29, 0.717) is 10.6 Å². The smallest absolute Gasteiger partial charge is 0.272 e. The molecule has 2 aromatic rings. The summed E-state index contributed by atoms with van der Waals surface area (Å²) in [6.45, 7) is 1.54. The lowest BCUT2D eigenvalue weighted by molar-refractivity contribution is -0.385. The van der Waals surface area contributed by atoms with Gasteiger partial charge in [0, 0.05) is 15.5 Å². The number of aryl methyl sites for hydroxylation is 1. The molecule has 25 heavy (non-hydrogen) atoms. The van der Waals surface area contributed by atoms with Crippen LogP contribution in [0.25, 0.3) is 0 Å². The first-order valence-corrected chi connectivity index (χ1v) is 8.46. The van der Waals surface area contributed by atoms with Gasteiger partial charge in [-0.15, -0.1) is 11.8 Å². The quantitative estimate of drug-likeness (QED) is 0.472. The summed E-state index contributed by atoms with van der Waals surface area (Å²) in [5, 5.41) is 11.7. The number of hydrogen-bond donors (Lipinski definition) is 2. The monoisotopic (exact) mass is 379 g/mol. The van der Waals surface area contributed by atoms with E-state index < -0.39 is 16.7 Å². The normalized spacial score (nSPS) is 10.2. The van der Waals surface area contributed by atoms with Crippen molar-refractivity contribution in [2.75, 3.05) is 5.75 Å². The molecule has 2 amide bonds. The minimum Gasteiger partial charge on any atom is -0.272 e. The third-order valence-electron chi connectivity index (χ3n) is 3.16. The Hall–Kier alpha value is -2.58. The summed E-state index contributed by atoms with van der Waals surface area (Å²) < 4.78 is 0. The topological polar surface area (TPSA) is 101 Å². The highest BCUT2D eigenvalue weighted by molar-refractivity contribution is 8.00. The van der Waals surface area contributed by atoms with Crippen LogP contribution in [0.1, 0.15) is 15.9 Å². The summed E-state index contributed by atoms with van der Waals surface area (Å²) in [6.07, 6.45) is 0. The lowest BCUT2D eigenvalue weighted by Gasteiger charge is -2.08. The molecule has 0 aromatic heterocycles. The van der Waals surface area contributed by atoms with E-state index in [2.05, 4.69) is 10.9 Å². The van der Waals surface area contributed by atoms with Gasteiger partial charge in [-0.1, -0.05) is 23.7 Å². The van der Waals surface area contributed by atoms with Gasteiger partial charge in [-0.3, -0.25) is 30.6 Å². The van der Waals surface area contributed by atoms with E-state index in [9.17, 15) is 19.7 Å². The van der Waals surface area contributed by atoms with Crippen molar-refractivity contribution >= 4 is 40.9 Å². The Balaban J connectivity index is 1.91. The van der Waals surface area contributed by atoms with Gasteiger partial charge in [-0.2, -0.15) is 0 Å². The number of hydrogen-bond acceptors (Lipinski definition) is 5. The maximum Gasteiger partial charge on any atom is 0.285 e. The standard InChI is InChI=1S/C16H14ClN3O4S/c1-10-3-2-4-13(15(10)20(23)24)16(22)19-18-14(21)9-25-12-7-5-11(17)6-8-12/h2-8H,9H2,1H3,(H,18,21)(H,19,22). The van der Waals surface area contributed by atoms with Crippen LogP contribution in [0.2, 0.25) is 5.02 Å². The molecule has 9 heteroatoms. The van der Waals surface area contributed by atoms with Crippen LogP contribution >= 0.6 is 23.4 Å². The maximum absolute atomic E-state index is 12.1. The van der Waals surface area contributed by atoms with Gasteiger partial charge in [0.2, 0.25) is 5.91 Å². The fraction of sp³-hybridized carbons (Fsp3) is 0.125. The number of nitrogens with zero attached hydrogens (tertiary/aromatic N) is 1. The molecule has 0 heterocycles. The zero-order valence-electron chi connectivity index (χ0n) is 13.1. The highest BCUT2D eigenvalue weighted by Gasteiger charge is 2.22. The first-order chi connectivity index (χ1) is 11.9. The second kappa shape index (κ2) is 8.50. The number of nitrogens with one attached hydrogen (secondary N) is 2. The predicted octanol–water partition coefficient (Wildman–Crippen LogP) is 3.11. The Morgan fingerprint density at radius 3 is 2.48 bits per heavy atom. The van der Waals surface area contributed by atoms with Gasteiger partial charge in [0.05, 0.1) is 10.7 Å². The summed E-state index contributed by atoms with van der Waals surface area (Å²) >= 11 is 7.04. The second-order valence-corrected chi connectivity index (χ2v) is 6.46. The second-order valence-electron chi connectivity index (χ2n) is 4.97. The van der Waals surface area contributed by atoms with E-state index in [0.717, 1.165) is 4.90 Å². The van der Waals surface area contributed by atoms with Crippen LogP contribution in [0.3, 0.4) is 0 Å². The third-order valence-corrected chi connectivity index (χ3v) is 4.43. The van der Waals surface area contributed by atoms with Gasteiger partial charge in [0.25, 0.3) is 11.6 Å². The van der Waals surface area contributed by atoms with E-state index >= 15 is 0 Å². The maximum atomic E-state index is 12.1. The lowest BCUT2D eigenvalue weighted by atomic mass is 10.1. The summed E-state index contributed by atoms with van der Waals surface area (Å²) in [6, 6.07) is 11.4. The largest absolute Gasteiger partial charge is 0.285 e. The molecule has 0 atom stereocenters. The number of nitro groups is 1. The van der Waals surface area contributed by atoms with Crippen LogP contribution in [-0.2, 0) is 4.79 Å². The summed E-state index contributed by atoms with van der Waals surface area (Å²) in [7, 11) is 0. The Morgan fingerprint density at radius 2 is 1.84 bits per heavy atom. The molecule has 0 radical (unpaired) electrons. The minimum absolute atomic E-state index is 0.0673. The van der Waals surface area contributed by atoms with E-state index in [-0.39, 0.29) is 17.0 Å². The van der Waals surface area contributed by atoms with Crippen LogP contribution in [0.15, 0.2) is 47.4 Å². The van der Waals surface area contributed by atoms with Gasteiger partial charge in [0.15, 0.2) is 0 Å². The van der Waals surface area contributed by atoms with Gasteiger partial charge in [-0.25, -0.2) is 0 Å². The zero-order chi connectivity index (χ0) is 18.4. The van der Waals surface area contributed by atoms with Crippen molar-refractivity contribution in [3.8, 4) is 0 Å². The predicted molar refractivity (Wildman–Crippen MR) is 95.6 cm³/mol. The molecule has 0 bridgehead atoms. The Bertz CT molecular complexity index is 812. The molecule has 130 valence electrons. The molecule has 0 aliphatic carbocycles. The molecule has 0 fully saturated rings. The van der Waals surface area contributed by atoms with E-state index in [1.54, 1.807) is 24.3 Å². The number of hydrazine groups is 1. The molecule has 2 rings (SSSR count). The first kappa shape index (κ1) is 18.8. The number of carbonyl (C=O) groups is 2. The SMILES string of the molecule is Cc1cccc(C(=O)NNC(=O)CSc2ccc(Cl)cc2)c1[N+](=O)[O-]. The van der Waals surface area contributed by atoms with E-state index in [4.69, 9.17) is 11.6 Å². The minimum atomic E-state index is -0.750. The molecule has 0 spiro atoms. The lowest BCUT2D eigenvalue weighted by Crippen LogP contribution is -2.42. The third kappa shape index (κ3) is 5.20. The molecule has 2 N–H and O–H groups in total. The van der Waals surface area contributed by atoms with Gasteiger partial charge >= 0.3 is 0 Å². The summed E-state index contributed by atoms with van der Waals surface area (Å²) in [4.78, 5) is 35.2. The van der Waals surface area contributed by atoms with Crippen molar-refractivity contribution in [1.29, 1.82) is 0 Å². The van der Waals surface area contributed by atoms with Crippen LogP contribution in [0.4, 0.5) is 5.69 Å². The van der Waals surface area contributed by atoms with Crippen molar-refractivity contribution in [3.63, 3.8) is 0 Å². The molecule has 0 aliphatic heterocycles. The highest BCUT2D eigenvalue weighted by Crippen LogP contribution is 2.23. The van der Waals surface area contributed by atoms with Gasteiger partial charge in [-0.05, 0) is 37.3 Å². The number of halogens is 1. The van der Waals surface area contributed by atoms with Crippen LogP contribution in [-0.4, -0.2) is 22.5 Å². The molecule has 0 saturated carbocycles. The van der Waals surface area contributed by atoms with E-state index in [1.165, 1.54) is 36.9 Å². The van der Waals surface area contributed by atoms with Crippen molar-refractivity contribution in [2.45, 2.75) is 11.8 Å². The zero-order valence-corrected chi connectivity index (χ0v) is 14.7. The molecule has 0 unspecified atom stereocenters. The Kier molecular flexibility index (Phi) is 6.37.